The Morgan fingerprint density at radius 2 is 2.25 bits per heavy atom. The minimum atomic E-state index is 0.660. The second kappa shape index (κ2) is 5.34. The third-order valence-corrected chi connectivity index (χ3v) is 3.07. The molecule has 0 radical (unpaired) electrons. The molecule has 2 aromatic heterocycles. The smallest absolute Gasteiger partial charge is 0.138 e. The summed E-state index contributed by atoms with van der Waals surface area (Å²) in [5.41, 5.74) is 1.86. The fourth-order valence-corrected chi connectivity index (χ4v) is 1.98. The molecule has 0 saturated carbocycles. The summed E-state index contributed by atoms with van der Waals surface area (Å²) >= 11 is 7.15. The van der Waals surface area contributed by atoms with Gasteiger partial charge in [0, 0.05) is 30.8 Å². The van der Waals surface area contributed by atoms with E-state index in [4.69, 9.17) is 11.6 Å². The van der Waals surface area contributed by atoms with Gasteiger partial charge in [0.2, 0.25) is 0 Å². The lowest BCUT2D eigenvalue weighted by atomic mass is 10.3. The molecule has 2 heterocycles. The van der Waals surface area contributed by atoms with Crippen LogP contribution in [0.5, 0.6) is 0 Å². The number of halogens is 1. The first-order chi connectivity index (χ1) is 7.75. The Morgan fingerprint density at radius 1 is 1.38 bits per heavy atom. The Bertz CT molecular complexity index is 445. The summed E-state index contributed by atoms with van der Waals surface area (Å²) < 4.78 is 4.46. The van der Waals surface area contributed by atoms with Crippen molar-refractivity contribution in [1.29, 1.82) is 0 Å². The predicted octanol–water partition coefficient (Wildman–Crippen LogP) is 2.22. The third-order valence-electron chi connectivity index (χ3n) is 2.09. The average Bonchev–Trinajstić information content (AvgIpc) is 2.66. The van der Waals surface area contributed by atoms with Crippen LogP contribution in [0.4, 0.5) is 0 Å². The number of nitrogens with zero attached hydrogens (tertiary/aromatic N) is 4. The van der Waals surface area contributed by atoms with Crippen molar-refractivity contribution in [2.75, 3.05) is 7.05 Å². The number of aromatic nitrogens is 3. The maximum absolute atomic E-state index is 5.94. The van der Waals surface area contributed by atoms with Gasteiger partial charge in [0.15, 0.2) is 0 Å². The van der Waals surface area contributed by atoms with Gasteiger partial charge < -0.3 is 0 Å². The minimum Gasteiger partial charge on any atom is -0.295 e. The zero-order valence-corrected chi connectivity index (χ0v) is 10.4. The van der Waals surface area contributed by atoms with Crippen molar-refractivity contribution in [2.45, 2.75) is 13.1 Å². The maximum Gasteiger partial charge on any atom is 0.138 e. The maximum atomic E-state index is 5.94. The lowest BCUT2D eigenvalue weighted by Gasteiger charge is -2.14. The molecule has 0 N–H and O–H groups in total. The molecule has 0 spiro atoms. The molecule has 0 bridgehead atoms. The summed E-state index contributed by atoms with van der Waals surface area (Å²) in [6, 6.07) is 5.88. The Morgan fingerprint density at radius 3 is 2.88 bits per heavy atom. The third kappa shape index (κ3) is 2.98. The first-order valence-electron chi connectivity index (χ1n) is 4.81. The topological polar surface area (TPSA) is 41.9 Å². The van der Waals surface area contributed by atoms with E-state index in [2.05, 4.69) is 19.5 Å². The number of rotatable bonds is 4. The lowest BCUT2D eigenvalue weighted by molar-refractivity contribution is 0.311. The van der Waals surface area contributed by atoms with Crippen LogP contribution in [0.15, 0.2) is 24.4 Å². The summed E-state index contributed by atoms with van der Waals surface area (Å²) in [6.07, 6.45) is 1.79. The molecule has 2 aromatic rings. The first-order valence-corrected chi connectivity index (χ1v) is 5.96. The molecule has 0 aliphatic carbocycles. The van der Waals surface area contributed by atoms with Crippen LogP contribution in [0.2, 0.25) is 4.34 Å². The van der Waals surface area contributed by atoms with Crippen LogP contribution >= 0.6 is 23.1 Å². The van der Waals surface area contributed by atoms with E-state index in [-0.39, 0.29) is 0 Å². The SMILES string of the molecule is CN(Cc1ccccn1)Cc1nnsc1Cl. The fourth-order valence-electron chi connectivity index (χ4n) is 1.37. The lowest BCUT2D eigenvalue weighted by Crippen LogP contribution is -2.18. The summed E-state index contributed by atoms with van der Waals surface area (Å²) in [7, 11) is 2.00. The van der Waals surface area contributed by atoms with Gasteiger partial charge in [0.25, 0.3) is 0 Å². The molecular formula is C10H11ClN4S. The van der Waals surface area contributed by atoms with Crippen molar-refractivity contribution in [3.63, 3.8) is 0 Å². The zero-order chi connectivity index (χ0) is 11.4. The van der Waals surface area contributed by atoms with Crippen molar-refractivity contribution >= 4 is 23.1 Å². The number of hydrogen-bond acceptors (Lipinski definition) is 5. The molecule has 0 aliphatic rings. The van der Waals surface area contributed by atoms with Crippen molar-refractivity contribution in [2.24, 2.45) is 0 Å². The van der Waals surface area contributed by atoms with Crippen molar-refractivity contribution in [3.05, 3.63) is 40.1 Å². The first kappa shape index (κ1) is 11.4. The summed E-state index contributed by atoms with van der Waals surface area (Å²) in [5, 5.41) is 3.97. The van der Waals surface area contributed by atoms with Crippen molar-refractivity contribution in [1.82, 2.24) is 19.5 Å². The van der Waals surface area contributed by atoms with Crippen LogP contribution in [-0.2, 0) is 13.1 Å². The van der Waals surface area contributed by atoms with Gasteiger partial charge in [-0.15, -0.1) is 5.10 Å². The normalized spacial score (nSPS) is 10.9. The van der Waals surface area contributed by atoms with E-state index in [0.717, 1.165) is 17.9 Å². The van der Waals surface area contributed by atoms with E-state index in [1.807, 2.05) is 25.2 Å². The van der Waals surface area contributed by atoms with Gasteiger partial charge in [-0.2, -0.15) is 0 Å². The molecule has 2 rings (SSSR count). The Kier molecular flexibility index (Phi) is 3.82. The second-order valence-corrected chi connectivity index (χ2v) is 4.84. The monoisotopic (exact) mass is 254 g/mol. The summed E-state index contributed by atoms with van der Waals surface area (Å²) in [4.78, 5) is 6.36. The van der Waals surface area contributed by atoms with Crippen LogP contribution in [0, 0.1) is 0 Å². The minimum absolute atomic E-state index is 0.660. The highest BCUT2D eigenvalue weighted by Crippen LogP contribution is 2.18. The predicted molar refractivity (Wildman–Crippen MR) is 64.3 cm³/mol. The molecule has 16 heavy (non-hydrogen) atoms. The van der Waals surface area contributed by atoms with Gasteiger partial charge in [0.05, 0.1) is 5.69 Å². The molecule has 0 fully saturated rings. The highest BCUT2D eigenvalue weighted by molar-refractivity contribution is 7.10. The van der Waals surface area contributed by atoms with Gasteiger partial charge >= 0.3 is 0 Å². The van der Waals surface area contributed by atoms with E-state index in [1.165, 1.54) is 11.5 Å². The van der Waals surface area contributed by atoms with Crippen LogP contribution in [0.25, 0.3) is 0 Å². The molecule has 0 aliphatic heterocycles. The van der Waals surface area contributed by atoms with Gasteiger partial charge in [-0.25, -0.2) is 0 Å². The molecule has 6 heteroatoms. The molecular weight excluding hydrogens is 244 g/mol. The van der Waals surface area contributed by atoms with Crippen molar-refractivity contribution in [3.8, 4) is 0 Å². The van der Waals surface area contributed by atoms with Crippen LogP contribution < -0.4 is 0 Å². The molecule has 84 valence electrons. The van der Waals surface area contributed by atoms with Crippen LogP contribution in [0.1, 0.15) is 11.4 Å². The highest BCUT2D eigenvalue weighted by Gasteiger charge is 2.09. The van der Waals surface area contributed by atoms with Gasteiger partial charge in [-0.05, 0) is 19.2 Å². The number of pyridine rings is 1. The molecule has 4 nitrogen and oxygen atoms in total. The summed E-state index contributed by atoms with van der Waals surface area (Å²) in [6.45, 7) is 1.46. The van der Waals surface area contributed by atoms with Gasteiger partial charge in [-0.3, -0.25) is 9.88 Å². The van der Waals surface area contributed by atoms with Crippen molar-refractivity contribution < 1.29 is 0 Å². The van der Waals surface area contributed by atoms with Gasteiger partial charge in [-0.1, -0.05) is 22.2 Å². The van der Waals surface area contributed by atoms with E-state index >= 15 is 0 Å². The zero-order valence-electron chi connectivity index (χ0n) is 8.80. The Hall–Kier alpha value is -1.04. The van der Waals surface area contributed by atoms with Crippen LogP contribution in [0.3, 0.4) is 0 Å². The van der Waals surface area contributed by atoms with E-state index < -0.39 is 0 Å². The molecule has 0 amide bonds. The van der Waals surface area contributed by atoms with Crippen LogP contribution in [-0.4, -0.2) is 26.5 Å². The quantitative estimate of drug-likeness (QED) is 0.839. The standard InChI is InChI=1S/C10H11ClN4S/c1-15(6-8-4-2-3-5-12-8)7-9-10(11)16-14-13-9/h2-5H,6-7H2,1H3. The molecule has 0 aromatic carbocycles. The van der Waals surface area contributed by atoms with E-state index in [1.54, 1.807) is 6.20 Å². The summed E-state index contributed by atoms with van der Waals surface area (Å²) in [5.74, 6) is 0. The Labute approximate surface area is 103 Å². The Balaban J connectivity index is 1.95. The fraction of sp³-hybridized carbons (Fsp3) is 0.300. The average molecular weight is 255 g/mol. The molecule has 0 saturated heterocycles. The largest absolute Gasteiger partial charge is 0.295 e. The number of hydrogen-bond donors (Lipinski definition) is 0. The van der Waals surface area contributed by atoms with E-state index in [9.17, 15) is 0 Å². The highest BCUT2D eigenvalue weighted by atomic mass is 35.5. The van der Waals surface area contributed by atoms with E-state index in [0.29, 0.717) is 10.9 Å². The second-order valence-electron chi connectivity index (χ2n) is 3.49. The van der Waals surface area contributed by atoms with Gasteiger partial charge in [0.1, 0.15) is 10.0 Å². The molecule has 0 unspecified atom stereocenters. The molecule has 0 atom stereocenters.